The molecular weight excluding hydrogens is 246 g/mol. The first kappa shape index (κ1) is 12.1. The smallest absolute Gasteiger partial charge is 0.235 e. The number of hydrogen-bond acceptors (Lipinski definition) is 5. The van der Waals surface area contributed by atoms with E-state index in [4.69, 9.17) is 9.47 Å². The molecule has 0 bridgehead atoms. The fraction of sp³-hybridized carbons (Fsp3) is 0.500. The maximum Gasteiger partial charge on any atom is 0.235 e. The van der Waals surface area contributed by atoms with E-state index >= 15 is 0 Å². The molecule has 0 unspecified atom stereocenters. The van der Waals surface area contributed by atoms with Gasteiger partial charge in [0.05, 0.1) is 0 Å². The summed E-state index contributed by atoms with van der Waals surface area (Å²) in [6, 6.07) is 3.54. The molecule has 0 radical (unpaired) electrons. The average Bonchev–Trinajstić information content (AvgIpc) is 2.89. The number of isocyanates is 1. The highest BCUT2D eigenvalue weighted by Gasteiger charge is 2.39. The minimum absolute atomic E-state index is 0.0399. The Balaban J connectivity index is 2.12. The number of aliphatic imine (C=N–C) groups is 1. The quantitative estimate of drug-likeness (QED) is 0.655. The van der Waals surface area contributed by atoms with E-state index in [9.17, 15) is 9.90 Å². The lowest BCUT2D eigenvalue weighted by molar-refractivity contribution is 0.164. The van der Waals surface area contributed by atoms with Crippen molar-refractivity contribution in [2.75, 3.05) is 13.2 Å². The Labute approximate surface area is 110 Å². The van der Waals surface area contributed by atoms with Crippen LogP contribution < -0.4 is 9.47 Å². The molecule has 2 aliphatic rings. The van der Waals surface area contributed by atoms with Gasteiger partial charge in [0.1, 0.15) is 18.8 Å². The van der Waals surface area contributed by atoms with E-state index in [0.29, 0.717) is 30.3 Å². The van der Waals surface area contributed by atoms with Crippen LogP contribution in [0.2, 0.25) is 0 Å². The number of fused-ring (bicyclic) bond motifs is 1. The molecule has 100 valence electrons. The molecule has 1 fully saturated rings. The maximum absolute atomic E-state index is 10.7. The van der Waals surface area contributed by atoms with E-state index in [0.717, 1.165) is 25.7 Å². The molecule has 1 heterocycles. The van der Waals surface area contributed by atoms with Crippen LogP contribution in [0, 0.1) is 0 Å². The lowest BCUT2D eigenvalue weighted by Gasteiger charge is -2.27. The molecule has 1 aromatic carbocycles. The summed E-state index contributed by atoms with van der Waals surface area (Å²) in [6.07, 6.45) is 5.11. The number of rotatable bonds is 2. The van der Waals surface area contributed by atoms with Gasteiger partial charge >= 0.3 is 0 Å². The standard InChI is InChI=1S/C14H15NO4/c16-9-15-14(5-1-2-6-14)10-3-4-11-13(12(10)17)19-8-7-18-11/h3-4,17H,1-2,5-8H2. The molecule has 1 saturated carbocycles. The molecule has 1 aliphatic carbocycles. The first-order valence-electron chi connectivity index (χ1n) is 6.48. The second kappa shape index (κ2) is 4.59. The molecule has 0 atom stereocenters. The molecule has 5 heteroatoms. The van der Waals surface area contributed by atoms with Gasteiger partial charge in [-0.2, -0.15) is 4.99 Å². The normalized spacial score (nSPS) is 19.8. The van der Waals surface area contributed by atoms with Gasteiger partial charge in [0, 0.05) is 5.56 Å². The average molecular weight is 261 g/mol. The van der Waals surface area contributed by atoms with E-state index in [1.165, 1.54) is 0 Å². The van der Waals surface area contributed by atoms with Crippen LogP contribution in [0.1, 0.15) is 31.2 Å². The van der Waals surface area contributed by atoms with Crippen molar-refractivity contribution in [1.82, 2.24) is 0 Å². The van der Waals surface area contributed by atoms with Gasteiger partial charge in [-0.3, -0.25) is 0 Å². The van der Waals surface area contributed by atoms with E-state index in [2.05, 4.69) is 4.99 Å². The molecule has 0 amide bonds. The van der Waals surface area contributed by atoms with Gasteiger partial charge in [-0.15, -0.1) is 0 Å². The van der Waals surface area contributed by atoms with E-state index in [1.54, 1.807) is 18.2 Å². The third kappa shape index (κ3) is 1.87. The summed E-state index contributed by atoms with van der Waals surface area (Å²) < 4.78 is 10.9. The van der Waals surface area contributed by atoms with Crippen LogP contribution in [0.3, 0.4) is 0 Å². The largest absolute Gasteiger partial charge is 0.504 e. The van der Waals surface area contributed by atoms with Crippen LogP contribution in [0.25, 0.3) is 0 Å². The zero-order valence-electron chi connectivity index (χ0n) is 10.5. The molecule has 1 N–H and O–H groups in total. The van der Waals surface area contributed by atoms with Crippen molar-refractivity contribution < 1.29 is 19.4 Å². The van der Waals surface area contributed by atoms with Crippen molar-refractivity contribution in [2.24, 2.45) is 4.99 Å². The highest BCUT2D eigenvalue weighted by molar-refractivity contribution is 5.58. The zero-order valence-corrected chi connectivity index (χ0v) is 10.5. The summed E-state index contributed by atoms with van der Waals surface area (Å²) in [5.41, 5.74) is -0.0145. The highest BCUT2D eigenvalue weighted by Crippen LogP contribution is 2.50. The number of phenols is 1. The minimum atomic E-state index is -0.651. The van der Waals surface area contributed by atoms with Crippen molar-refractivity contribution in [2.45, 2.75) is 31.2 Å². The summed E-state index contributed by atoms with van der Waals surface area (Å²) in [5.74, 6) is 0.935. The van der Waals surface area contributed by atoms with Crippen LogP contribution in [0.15, 0.2) is 17.1 Å². The van der Waals surface area contributed by atoms with Gasteiger partial charge in [-0.05, 0) is 25.0 Å². The first-order valence-corrected chi connectivity index (χ1v) is 6.48. The van der Waals surface area contributed by atoms with Crippen LogP contribution in [-0.4, -0.2) is 24.4 Å². The van der Waals surface area contributed by atoms with Crippen LogP contribution >= 0.6 is 0 Å². The Morgan fingerprint density at radius 1 is 1.21 bits per heavy atom. The predicted octanol–water partition coefficient (Wildman–Crippen LogP) is 2.27. The number of ether oxygens (including phenoxy) is 2. The number of nitrogens with zero attached hydrogens (tertiary/aromatic N) is 1. The monoisotopic (exact) mass is 261 g/mol. The van der Waals surface area contributed by atoms with Gasteiger partial charge in [0.2, 0.25) is 11.8 Å². The Hall–Kier alpha value is -2.00. The van der Waals surface area contributed by atoms with Crippen molar-refractivity contribution in [3.8, 4) is 17.2 Å². The van der Waals surface area contributed by atoms with Gasteiger partial charge in [-0.25, -0.2) is 4.79 Å². The topological polar surface area (TPSA) is 68.1 Å². The van der Waals surface area contributed by atoms with Crippen molar-refractivity contribution in [3.63, 3.8) is 0 Å². The minimum Gasteiger partial charge on any atom is -0.504 e. The molecule has 3 rings (SSSR count). The molecule has 1 aliphatic heterocycles. The second-order valence-electron chi connectivity index (χ2n) is 4.93. The Bertz CT molecular complexity index is 543. The van der Waals surface area contributed by atoms with Crippen LogP contribution in [-0.2, 0) is 10.3 Å². The Morgan fingerprint density at radius 2 is 1.95 bits per heavy atom. The fourth-order valence-corrected chi connectivity index (χ4v) is 2.97. The molecule has 0 spiro atoms. The highest BCUT2D eigenvalue weighted by atomic mass is 16.6. The van der Waals surface area contributed by atoms with E-state index in [1.807, 2.05) is 0 Å². The fourth-order valence-electron chi connectivity index (χ4n) is 2.97. The SMILES string of the molecule is O=C=NC1(c2ccc3c(c2O)OCCO3)CCCC1. The van der Waals surface area contributed by atoms with Crippen LogP contribution in [0.5, 0.6) is 17.2 Å². The van der Waals surface area contributed by atoms with Gasteiger partial charge < -0.3 is 14.6 Å². The first-order chi connectivity index (χ1) is 9.27. The zero-order chi connectivity index (χ0) is 13.3. The third-order valence-electron chi connectivity index (χ3n) is 3.87. The molecule has 1 aromatic rings. The third-order valence-corrected chi connectivity index (χ3v) is 3.87. The predicted molar refractivity (Wildman–Crippen MR) is 67.4 cm³/mol. The number of phenolic OH excluding ortho intramolecular Hbond substituents is 1. The summed E-state index contributed by atoms with van der Waals surface area (Å²) in [5, 5.41) is 10.4. The summed E-state index contributed by atoms with van der Waals surface area (Å²) in [4.78, 5) is 14.7. The van der Waals surface area contributed by atoms with Gasteiger partial charge in [-0.1, -0.05) is 12.8 Å². The van der Waals surface area contributed by atoms with E-state index in [-0.39, 0.29) is 5.75 Å². The summed E-state index contributed by atoms with van der Waals surface area (Å²) in [6.45, 7) is 0.886. The second-order valence-corrected chi connectivity index (χ2v) is 4.93. The van der Waals surface area contributed by atoms with Crippen molar-refractivity contribution in [1.29, 1.82) is 0 Å². The molecule has 0 saturated heterocycles. The Kier molecular flexibility index (Phi) is 2.91. The number of benzene rings is 1. The lowest BCUT2D eigenvalue weighted by atomic mass is 9.87. The number of aromatic hydroxyl groups is 1. The lowest BCUT2D eigenvalue weighted by Crippen LogP contribution is -2.21. The number of carbonyl (C=O) groups excluding carboxylic acids is 1. The van der Waals surface area contributed by atoms with Crippen molar-refractivity contribution in [3.05, 3.63) is 17.7 Å². The molecular formula is C14H15NO4. The van der Waals surface area contributed by atoms with Crippen molar-refractivity contribution >= 4 is 6.08 Å². The van der Waals surface area contributed by atoms with Gasteiger partial charge in [0.15, 0.2) is 11.5 Å². The van der Waals surface area contributed by atoms with E-state index < -0.39 is 5.54 Å². The maximum atomic E-state index is 10.7. The van der Waals surface area contributed by atoms with Gasteiger partial charge in [0.25, 0.3) is 0 Å². The number of hydrogen-bond donors (Lipinski definition) is 1. The Morgan fingerprint density at radius 3 is 2.68 bits per heavy atom. The molecule has 5 nitrogen and oxygen atoms in total. The molecule has 19 heavy (non-hydrogen) atoms. The summed E-state index contributed by atoms with van der Waals surface area (Å²) in [7, 11) is 0. The molecule has 0 aromatic heterocycles. The summed E-state index contributed by atoms with van der Waals surface area (Å²) >= 11 is 0. The van der Waals surface area contributed by atoms with Crippen LogP contribution in [0.4, 0.5) is 0 Å².